The summed E-state index contributed by atoms with van der Waals surface area (Å²) in [6.07, 6.45) is 0.764. The molecule has 1 aliphatic rings. The predicted octanol–water partition coefficient (Wildman–Crippen LogP) is 3.23. The van der Waals surface area contributed by atoms with Crippen LogP contribution in [0.2, 0.25) is 0 Å². The number of carbonyl (C=O) groups excluding carboxylic acids is 2. The summed E-state index contributed by atoms with van der Waals surface area (Å²) < 4.78 is 4.82. The number of fused-ring (bicyclic) bond motifs is 3. The third-order valence-corrected chi connectivity index (χ3v) is 5.84. The lowest BCUT2D eigenvalue weighted by atomic mass is 10.0. The molecule has 1 aliphatic heterocycles. The summed E-state index contributed by atoms with van der Waals surface area (Å²) in [6.45, 7) is 4.98. The van der Waals surface area contributed by atoms with Crippen molar-refractivity contribution >= 4 is 34.1 Å². The molecule has 7 heteroatoms. The van der Waals surface area contributed by atoms with Crippen LogP contribution in [0.1, 0.15) is 42.0 Å². The number of H-pyrrole nitrogens is 1. The van der Waals surface area contributed by atoms with Gasteiger partial charge >= 0.3 is 5.97 Å². The minimum atomic E-state index is -0.360. The second-order valence-electron chi connectivity index (χ2n) is 6.46. The number of benzene rings is 1. The maximum atomic E-state index is 12.9. The molecule has 0 bridgehead atoms. The first-order valence-corrected chi connectivity index (χ1v) is 9.24. The number of hydrogen-bond donors (Lipinski definition) is 1. The van der Waals surface area contributed by atoms with E-state index in [1.165, 1.54) is 18.4 Å². The molecule has 0 fully saturated rings. The molecular weight excluding hydrogens is 350 g/mol. The van der Waals surface area contributed by atoms with Gasteiger partial charge in [-0.1, -0.05) is 0 Å². The van der Waals surface area contributed by atoms with Crippen LogP contribution in [0, 0.1) is 13.8 Å². The Hall–Kier alpha value is -2.67. The molecule has 26 heavy (non-hydrogen) atoms. The molecule has 0 spiro atoms. The average molecular weight is 369 g/mol. The van der Waals surface area contributed by atoms with Crippen molar-refractivity contribution < 1.29 is 14.3 Å². The summed E-state index contributed by atoms with van der Waals surface area (Å²) in [5.41, 5.74) is 4.48. The summed E-state index contributed by atoms with van der Waals surface area (Å²) in [7, 11) is 1.37. The number of hydrogen-bond acceptors (Lipinski definition) is 5. The normalized spacial score (nSPS) is 13.7. The molecule has 1 N–H and O–H groups in total. The Bertz CT molecular complexity index is 1030. The van der Waals surface area contributed by atoms with Crippen LogP contribution in [0.4, 0.5) is 0 Å². The van der Waals surface area contributed by atoms with E-state index in [9.17, 15) is 9.59 Å². The zero-order chi connectivity index (χ0) is 18.4. The van der Waals surface area contributed by atoms with Crippen LogP contribution in [0.3, 0.4) is 0 Å². The van der Waals surface area contributed by atoms with Gasteiger partial charge in [-0.3, -0.25) is 4.79 Å². The van der Waals surface area contributed by atoms with Crippen molar-refractivity contribution in [2.45, 2.75) is 26.8 Å². The molecule has 0 unspecified atom stereocenters. The Balaban J connectivity index is 1.70. The van der Waals surface area contributed by atoms with E-state index in [0.717, 1.165) is 39.3 Å². The first-order valence-electron chi connectivity index (χ1n) is 8.43. The summed E-state index contributed by atoms with van der Waals surface area (Å²) in [5.74, 6) is -0.335. The van der Waals surface area contributed by atoms with E-state index in [0.29, 0.717) is 23.5 Å². The van der Waals surface area contributed by atoms with Gasteiger partial charge in [0.05, 0.1) is 23.4 Å². The van der Waals surface area contributed by atoms with Crippen molar-refractivity contribution in [1.82, 2.24) is 14.9 Å². The van der Waals surface area contributed by atoms with E-state index >= 15 is 0 Å². The molecule has 1 aromatic carbocycles. The lowest BCUT2D eigenvalue weighted by molar-refractivity contribution is 0.0600. The first kappa shape index (κ1) is 16.8. The Labute approximate surface area is 154 Å². The van der Waals surface area contributed by atoms with E-state index in [1.807, 2.05) is 30.9 Å². The van der Waals surface area contributed by atoms with Crippen molar-refractivity contribution in [3.63, 3.8) is 0 Å². The molecule has 0 radical (unpaired) electrons. The third-order valence-electron chi connectivity index (χ3n) is 4.78. The number of methoxy groups -OCH3 is 1. The summed E-state index contributed by atoms with van der Waals surface area (Å²) in [4.78, 5) is 35.1. The highest BCUT2D eigenvalue weighted by Crippen LogP contribution is 2.30. The maximum Gasteiger partial charge on any atom is 0.337 e. The number of nitrogens with one attached hydrogen (secondary N) is 1. The molecule has 0 aliphatic carbocycles. The number of aryl methyl sites for hydroxylation is 2. The second-order valence-corrected chi connectivity index (χ2v) is 7.66. The fraction of sp³-hybridized carbons (Fsp3) is 0.316. The molecule has 4 rings (SSSR count). The molecule has 134 valence electrons. The minimum Gasteiger partial charge on any atom is -0.465 e. The smallest absolute Gasteiger partial charge is 0.337 e. The number of aromatic nitrogens is 2. The number of aromatic amines is 1. The first-order chi connectivity index (χ1) is 12.5. The van der Waals surface area contributed by atoms with Gasteiger partial charge in [0.1, 0.15) is 4.88 Å². The number of carbonyl (C=O) groups is 2. The molecule has 1 amide bonds. The lowest BCUT2D eigenvalue weighted by Gasteiger charge is -2.27. The van der Waals surface area contributed by atoms with Crippen LogP contribution in [0.15, 0.2) is 18.2 Å². The van der Waals surface area contributed by atoms with Gasteiger partial charge in [-0.15, -0.1) is 11.3 Å². The highest BCUT2D eigenvalue weighted by atomic mass is 32.1. The fourth-order valence-corrected chi connectivity index (χ4v) is 4.39. The molecule has 0 saturated heterocycles. The zero-order valence-electron chi connectivity index (χ0n) is 14.9. The monoisotopic (exact) mass is 369 g/mol. The minimum absolute atomic E-state index is 0.0252. The van der Waals surface area contributed by atoms with Crippen LogP contribution in [-0.2, 0) is 17.7 Å². The maximum absolute atomic E-state index is 12.9. The third kappa shape index (κ3) is 2.68. The Morgan fingerprint density at radius 3 is 2.81 bits per heavy atom. The van der Waals surface area contributed by atoms with Gasteiger partial charge in [-0.2, -0.15) is 0 Å². The van der Waals surface area contributed by atoms with Gasteiger partial charge in [-0.25, -0.2) is 9.78 Å². The van der Waals surface area contributed by atoms with Crippen molar-refractivity contribution in [1.29, 1.82) is 0 Å². The average Bonchev–Trinajstić information content (AvgIpc) is 3.18. The van der Waals surface area contributed by atoms with Crippen molar-refractivity contribution in [3.8, 4) is 0 Å². The molecule has 0 saturated carbocycles. The Morgan fingerprint density at radius 2 is 2.12 bits per heavy atom. The number of amides is 1. The standard InChI is InChI=1S/C19H19N3O3S/c1-10-17(26-11(2)20-10)18(23)22-7-6-16-14(9-22)13-8-12(19(24)25-3)4-5-15(13)21-16/h4-5,8,21H,6-7,9H2,1-3H3. The molecule has 3 aromatic rings. The van der Waals surface area contributed by atoms with Crippen molar-refractivity contribution in [2.75, 3.05) is 13.7 Å². The lowest BCUT2D eigenvalue weighted by Crippen LogP contribution is -2.35. The van der Waals surface area contributed by atoms with Gasteiger partial charge in [-0.05, 0) is 32.0 Å². The summed E-state index contributed by atoms with van der Waals surface area (Å²) in [6, 6.07) is 5.48. The number of ether oxygens (including phenoxy) is 1. The molecule has 3 heterocycles. The number of thiazole rings is 1. The number of esters is 1. The van der Waals surface area contributed by atoms with E-state index in [2.05, 4.69) is 9.97 Å². The van der Waals surface area contributed by atoms with E-state index in [4.69, 9.17) is 4.74 Å². The van der Waals surface area contributed by atoms with Crippen molar-refractivity contribution in [2.24, 2.45) is 0 Å². The number of rotatable bonds is 2. The fourth-order valence-electron chi connectivity index (χ4n) is 3.51. The predicted molar refractivity (Wildman–Crippen MR) is 99.7 cm³/mol. The van der Waals surface area contributed by atoms with E-state index in [1.54, 1.807) is 6.07 Å². The molecule has 2 aromatic heterocycles. The Kier molecular flexibility index (Phi) is 4.03. The van der Waals surface area contributed by atoms with E-state index in [-0.39, 0.29) is 11.9 Å². The largest absolute Gasteiger partial charge is 0.465 e. The summed E-state index contributed by atoms with van der Waals surface area (Å²) in [5, 5.41) is 1.87. The van der Waals surface area contributed by atoms with Crippen LogP contribution in [0.5, 0.6) is 0 Å². The topological polar surface area (TPSA) is 75.3 Å². The quantitative estimate of drug-likeness (QED) is 0.704. The molecular formula is C19H19N3O3S. The molecule has 6 nitrogen and oxygen atoms in total. The SMILES string of the molecule is COC(=O)c1ccc2[nH]c3c(c2c1)CN(C(=O)c1sc(C)nc1C)CC3. The van der Waals surface area contributed by atoms with Gasteiger partial charge in [0, 0.05) is 41.7 Å². The van der Waals surface area contributed by atoms with Crippen LogP contribution in [-0.4, -0.2) is 40.4 Å². The summed E-state index contributed by atoms with van der Waals surface area (Å²) >= 11 is 1.44. The van der Waals surface area contributed by atoms with Crippen LogP contribution < -0.4 is 0 Å². The zero-order valence-corrected chi connectivity index (χ0v) is 15.7. The van der Waals surface area contributed by atoms with Crippen molar-refractivity contribution in [3.05, 3.63) is 50.6 Å². The highest BCUT2D eigenvalue weighted by molar-refractivity contribution is 7.13. The van der Waals surface area contributed by atoms with Gasteiger partial charge in [0.15, 0.2) is 0 Å². The highest BCUT2D eigenvalue weighted by Gasteiger charge is 2.27. The second kappa shape index (κ2) is 6.25. The van der Waals surface area contributed by atoms with Gasteiger partial charge < -0.3 is 14.6 Å². The van der Waals surface area contributed by atoms with Gasteiger partial charge in [0.2, 0.25) is 0 Å². The van der Waals surface area contributed by atoms with Crippen LogP contribution >= 0.6 is 11.3 Å². The van der Waals surface area contributed by atoms with E-state index < -0.39 is 0 Å². The molecule has 0 atom stereocenters. The Morgan fingerprint density at radius 1 is 1.31 bits per heavy atom. The number of nitrogens with zero attached hydrogens (tertiary/aromatic N) is 2. The van der Waals surface area contributed by atoms with Crippen LogP contribution in [0.25, 0.3) is 10.9 Å². The van der Waals surface area contributed by atoms with Gasteiger partial charge in [0.25, 0.3) is 5.91 Å².